The highest BCUT2D eigenvalue weighted by Crippen LogP contribution is 2.13. The Bertz CT molecular complexity index is 335. The van der Waals surface area contributed by atoms with Crippen molar-refractivity contribution in [3.63, 3.8) is 0 Å². The standard InChI is InChI=1S/C10H16N4OS/c1-8(12-10-13-11-7-16-10)9(15)14-5-3-2-4-6-14/h7-8H,2-6H2,1H3,(H,12,13). The quantitative estimate of drug-likeness (QED) is 0.866. The fourth-order valence-electron chi connectivity index (χ4n) is 1.87. The molecule has 1 atom stereocenters. The van der Waals surface area contributed by atoms with Crippen LogP contribution < -0.4 is 5.32 Å². The van der Waals surface area contributed by atoms with Crippen molar-refractivity contribution in [2.24, 2.45) is 0 Å². The molecule has 1 aliphatic rings. The van der Waals surface area contributed by atoms with Crippen molar-refractivity contribution in [2.75, 3.05) is 18.4 Å². The lowest BCUT2D eigenvalue weighted by molar-refractivity contribution is -0.132. The van der Waals surface area contributed by atoms with Crippen molar-refractivity contribution < 1.29 is 4.79 Å². The molecule has 1 fully saturated rings. The van der Waals surface area contributed by atoms with Gasteiger partial charge < -0.3 is 10.2 Å². The van der Waals surface area contributed by atoms with Crippen LogP contribution in [0.5, 0.6) is 0 Å². The Morgan fingerprint density at radius 3 is 2.88 bits per heavy atom. The van der Waals surface area contributed by atoms with E-state index in [0.29, 0.717) is 5.13 Å². The SMILES string of the molecule is CC(Nc1nncs1)C(=O)N1CCCCC1. The monoisotopic (exact) mass is 240 g/mol. The van der Waals surface area contributed by atoms with Gasteiger partial charge in [0.25, 0.3) is 0 Å². The van der Waals surface area contributed by atoms with E-state index in [2.05, 4.69) is 15.5 Å². The molecule has 1 amide bonds. The van der Waals surface area contributed by atoms with Gasteiger partial charge in [0.05, 0.1) is 0 Å². The fourth-order valence-corrected chi connectivity index (χ4v) is 2.40. The van der Waals surface area contributed by atoms with Crippen LogP contribution in [0, 0.1) is 0 Å². The third-order valence-electron chi connectivity index (χ3n) is 2.74. The summed E-state index contributed by atoms with van der Waals surface area (Å²) in [5, 5.41) is 11.4. The minimum Gasteiger partial charge on any atom is -0.349 e. The molecule has 1 saturated heterocycles. The Balaban J connectivity index is 1.88. The molecule has 0 bridgehead atoms. The molecule has 0 saturated carbocycles. The maximum absolute atomic E-state index is 12.0. The van der Waals surface area contributed by atoms with Crippen LogP contribution in [-0.2, 0) is 4.79 Å². The highest BCUT2D eigenvalue weighted by molar-refractivity contribution is 7.13. The third kappa shape index (κ3) is 2.69. The molecule has 0 spiro atoms. The predicted molar refractivity (Wildman–Crippen MR) is 63.4 cm³/mol. The summed E-state index contributed by atoms with van der Waals surface area (Å²) >= 11 is 1.41. The number of carbonyl (C=O) groups excluding carboxylic acids is 1. The van der Waals surface area contributed by atoms with E-state index >= 15 is 0 Å². The maximum Gasteiger partial charge on any atom is 0.244 e. The first-order valence-electron chi connectivity index (χ1n) is 5.59. The summed E-state index contributed by atoms with van der Waals surface area (Å²) in [6.45, 7) is 3.65. The summed E-state index contributed by atoms with van der Waals surface area (Å²) in [7, 11) is 0. The van der Waals surface area contributed by atoms with Crippen molar-refractivity contribution in [1.82, 2.24) is 15.1 Å². The second kappa shape index (κ2) is 5.25. The van der Waals surface area contributed by atoms with E-state index in [1.165, 1.54) is 17.8 Å². The Labute approximate surface area is 98.9 Å². The number of likely N-dealkylation sites (tertiary alicyclic amines) is 1. The largest absolute Gasteiger partial charge is 0.349 e. The Hall–Kier alpha value is -1.17. The number of carbonyl (C=O) groups is 1. The van der Waals surface area contributed by atoms with Crippen molar-refractivity contribution >= 4 is 22.4 Å². The van der Waals surface area contributed by atoms with E-state index in [1.54, 1.807) is 5.51 Å². The topological polar surface area (TPSA) is 58.1 Å². The summed E-state index contributed by atoms with van der Waals surface area (Å²) in [5.41, 5.74) is 1.65. The Morgan fingerprint density at radius 2 is 2.25 bits per heavy atom. The lowest BCUT2D eigenvalue weighted by Crippen LogP contribution is -2.43. The van der Waals surface area contributed by atoms with Gasteiger partial charge in [-0.15, -0.1) is 10.2 Å². The number of amides is 1. The zero-order valence-electron chi connectivity index (χ0n) is 9.35. The molecule has 0 radical (unpaired) electrons. The minimum atomic E-state index is -0.217. The highest BCUT2D eigenvalue weighted by Gasteiger charge is 2.22. The van der Waals surface area contributed by atoms with Crippen molar-refractivity contribution in [3.05, 3.63) is 5.51 Å². The number of nitrogens with zero attached hydrogens (tertiary/aromatic N) is 3. The lowest BCUT2D eigenvalue weighted by Gasteiger charge is -2.29. The summed E-state index contributed by atoms with van der Waals surface area (Å²) in [5.74, 6) is 0.162. The van der Waals surface area contributed by atoms with Gasteiger partial charge in [-0.05, 0) is 26.2 Å². The van der Waals surface area contributed by atoms with Gasteiger partial charge in [0.1, 0.15) is 11.6 Å². The third-order valence-corrected chi connectivity index (χ3v) is 3.36. The second-order valence-electron chi connectivity index (χ2n) is 4.00. The molecule has 2 rings (SSSR count). The van der Waals surface area contributed by atoms with E-state index in [-0.39, 0.29) is 11.9 Å². The van der Waals surface area contributed by atoms with Gasteiger partial charge in [-0.25, -0.2) is 0 Å². The smallest absolute Gasteiger partial charge is 0.244 e. The average Bonchev–Trinajstić information content (AvgIpc) is 2.82. The molecular weight excluding hydrogens is 224 g/mol. The molecule has 88 valence electrons. The normalized spacial score (nSPS) is 18.2. The fraction of sp³-hybridized carbons (Fsp3) is 0.700. The summed E-state index contributed by atoms with van der Waals surface area (Å²) in [4.78, 5) is 14.0. The maximum atomic E-state index is 12.0. The van der Waals surface area contributed by atoms with Crippen LogP contribution in [0.25, 0.3) is 0 Å². The number of aromatic nitrogens is 2. The van der Waals surface area contributed by atoms with Gasteiger partial charge in [-0.1, -0.05) is 11.3 Å². The summed E-state index contributed by atoms with van der Waals surface area (Å²) in [6.07, 6.45) is 3.48. The van der Waals surface area contributed by atoms with E-state index in [9.17, 15) is 4.79 Å². The van der Waals surface area contributed by atoms with E-state index < -0.39 is 0 Å². The van der Waals surface area contributed by atoms with Gasteiger partial charge in [0, 0.05) is 13.1 Å². The van der Waals surface area contributed by atoms with Crippen LogP contribution in [0.15, 0.2) is 5.51 Å². The molecule has 1 aromatic rings. The molecule has 1 N–H and O–H groups in total. The number of rotatable bonds is 3. The first kappa shape index (κ1) is 11.3. The van der Waals surface area contributed by atoms with Crippen LogP contribution in [-0.4, -0.2) is 40.1 Å². The van der Waals surface area contributed by atoms with Crippen molar-refractivity contribution in [3.8, 4) is 0 Å². The van der Waals surface area contributed by atoms with Crippen LogP contribution >= 0.6 is 11.3 Å². The van der Waals surface area contributed by atoms with Gasteiger partial charge in [0.2, 0.25) is 11.0 Å². The zero-order chi connectivity index (χ0) is 11.4. The number of hydrogen-bond donors (Lipinski definition) is 1. The van der Waals surface area contributed by atoms with E-state index in [0.717, 1.165) is 25.9 Å². The van der Waals surface area contributed by atoms with Gasteiger partial charge >= 0.3 is 0 Å². The van der Waals surface area contributed by atoms with Crippen LogP contribution in [0.3, 0.4) is 0 Å². The second-order valence-corrected chi connectivity index (χ2v) is 4.83. The predicted octanol–water partition coefficient (Wildman–Crippen LogP) is 1.35. The molecule has 6 heteroatoms. The molecule has 0 aromatic carbocycles. The lowest BCUT2D eigenvalue weighted by atomic mass is 10.1. The molecular formula is C10H16N4OS. The highest BCUT2D eigenvalue weighted by atomic mass is 32.1. The Morgan fingerprint density at radius 1 is 1.50 bits per heavy atom. The molecule has 5 nitrogen and oxygen atoms in total. The molecule has 1 aromatic heterocycles. The van der Waals surface area contributed by atoms with Gasteiger partial charge in [-0.2, -0.15) is 0 Å². The summed E-state index contributed by atoms with van der Waals surface area (Å²) in [6, 6.07) is -0.217. The first-order valence-corrected chi connectivity index (χ1v) is 6.47. The molecule has 1 aliphatic heterocycles. The molecule has 2 heterocycles. The number of nitrogens with one attached hydrogen (secondary N) is 1. The molecule has 0 aliphatic carbocycles. The van der Waals surface area contributed by atoms with Crippen molar-refractivity contribution in [2.45, 2.75) is 32.2 Å². The van der Waals surface area contributed by atoms with Crippen LogP contribution in [0.1, 0.15) is 26.2 Å². The summed E-state index contributed by atoms with van der Waals surface area (Å²) < 4.78 is 0. The van der Waals surface area contributed by atoms with Gasteiger partial charge in [-0.3, -0.25) is 4.79 Å². The molecule has 16 heavy (non-hydrogen) atoms. The van der Waals surface area contributed by atoms with Gasteiger partial charge in [0.15, 0.2) is 0 Å². The molecule has 1 unspecified atom stereocenters. The van der Waals surface area contributed by atoms with E-state index in [1.807, 2.05) is 11.8 Å². The number of anilines is 1. The first-order chi connectivity index (χ1) is 7.77. The number of piperidine rings is 1. The Kier molecular flexibility index (Phi) is 3.71. The average molecular weight is 240 g/mol. The van der Waals surface area contributed by atoms with Crippen LogP contribution in [0.4, 0.5) is 5.13 Å². The zero-order valence-corrected chi connectivity index (χ0v) is 10.2. The van der Waals surface area contributed by atoms with Crippen LogP contribution in [0.2, 0.25) is 0 Å². The van der Waals surface area contributed by atoms with E-state index in [4.69, 9.17) is 0 Å². The van der Waals surface area contributed by atoms with Crippen molar-refractivity contribution in [1.29, 1.82) is 0 Å². The number of hydrogen-bond acceptors (Lipinski definition) is 5. The minimum absolute atomic E-state index is 0.162.